The van der Waals surface area contributed by atoms with Gasteiger partial charge in [0.1, 0.15) is 18.2 Å². The molecule has 0 radical (unpaired) electrons. The minimum Gasteiger partial charge on any atom is -0.458 e. The maximum atomic E-state index is 12.9. The third kappa shape index (κ3) is 8.29. The summed E-state index contributed by atoms with van der Waals surface area (Å²) in [4.78, 5) is 25.3. The van der Waals surface area contributed by atoms with Crippen LogP contribution in [-0.2, 0) is 27.3 Å². The fourth-order valence-electron chi connectivity index (χ4n) is 3.62. The van der Waals surface area contributed by atoms with E-state index in [0.717, 1.165) is 22.3 Å². The highest BCUT2D eigenvalue weighted by molar-refractivity contribution is 5.82. The molecule has 0 spiro atoms. The molecule has 1 atom stereocenters. The van der Waals surface area contributed by atoms with Crippen molar-refractivity contribution in [3.63, 3.8) is 0 Å². The molecule has 0 aliphatic carbocycles. The molecule has 0 aliphatic heterocycles. The van der Waals surface area contributed by atoms with Crippen molar-refractivity contribution < 1.29 is 19.1 Å². The van der Waals surface area contributed by atoms with Crippen LogP contribution in [-0.4, -0.2) is 23.7 Å². The Morgan fingerprint density at radius 1 is 0.829 bits per heavy atom. The van der Waals surface area contributed by atoms with E-state index in [2.05, 4.69) is 43.4 Å². The third-order valence-electron chi connectivity index (χ3n) is 5.48. The first-order valence-electron chi connectivity index (χ1n) is 12.0. The lowest BCUT2D eigenvalue weighted by molar-refractivity contribution is -0.157. The number of rotatable bonds is 8. The zero-order valence-electron chi connectivity index (χ0n) is 21.2. The summed E-state index contributed by atoms with van der Waals surface area (Å²) in [5, 5.41) is 2.69. The van der Waals surface area contributed by atoms with Crippen molar-refractivity contribution in [1.29, 1.82) is 0 Å². The smallest absolute Gasteiger partial charge is 0.408 e. The number of benzene rings is 3. The van der Waals surface area contributed by atoms with Gasteiger partial charge in [-0.05, 0) is 54.5 Å². The molecule has 3 rings (SSSR count). The Labute approximate surface area is 208 Å². The first kappa shape index (κ1) is 26.0. The van der Waals surface area contributed by atoms with Gasteiger partial charge in [-0.3, -0.25) is 0 Å². The molecule has 3 aromatic rings. The fraction of sp³-hybridized carbons (Fsp3) is 0.333. The first-order valence-corrected chi connectivity index (χ1v) is 12.0. The third-order valence-corrected chi connectivity index (χ3v) is 5.48. The van der Waals surface area contributed by atoms with Gasteiger partial charge in [-0.1, -0.05) is 92.7 Å². The molecule has 0 bridgehead atoms. The zero-order chi connectivity index (χ0) is 25.4. The second kappa shape index (κ2) is 11.7. The summed E-state index contributed by atoms with van der Waals surface area (Å²) in [6.45, 7) is 9.88. The number of carbonyl (C=O) groups is 2. The fourth-order valence-corrected chi connectivity index (χ4v) is 3.62. The zero-order valence-corrected chi connectivity index (χ0v) is 21.2. The lowest BCUT2D eigenvalue weighted by Gasteiger charge is -2.24. The molecule has 0 saturated heterocycles. The Bertz CT molecular complexity index is 1120. The van der Waals surface area contributed by atoms with Crippen LogP contribution in [0, 0.1) is 0 Å². The lowest BCUT2D eigenvalue weighted by atomic mass is 9.96. The van der Waals surface area contributed by atoms with Gasteiger partial charge in [0.25, 0.3) is 0 Å². The molecule has 5 heteroatoms. The first-order chi connectivity index (χ1) is 16.6. The van der Waals surface area contributed by atoms with Crippen molar-refractivity contribution in [3.05, 3.63) is 95.6 Å². The normalized spacial score (nSPS) is 12.2. The molecule has 0 heterocycles. The summed E-state index contributed by atoms with van der Waals surface area (Å²) >= 11 is 0. The standard InChI is InChI=1S/C30H35NO4/c1-21(2)25-12-9-13-26(19-25)24-16-14-22(15-17-24)18-27(28(32)35-30(3,4)5)31-29(33)34-20-23-10-7-6-8-11-23/h6-17,19,21,27H,18,20H2,1-5H3,(H,31,33)/t27-/m0/s1. The number of alkyl carbamates (subject to hydrolysis) is 1. The Morgan fingerprint density at radius 3 is 2.14 bits per heavy atom. The minimum atomic E-state index is -0.868. The molecule has 5 nitrogen and oxygen atoms in total. The quantitative estimate of drug-likeness (QED) is 0.372. The van der Waals surface area contributed by atoms with E-state index in [0.29, 0.717) is 12.3 Å². The summed E-state index contributed by atoms with van der Waals surface area (Å²) in [5.74, 6) is -0.0422. The molecule has 1 amide bonds. The molecule has 0 aromatic heterocycles. The topological polar surface area (TPSA) is 64.6 Å². The average Bonchev–Trinajstić information content (AvgIpc) is 2.82. The molecule has 1 N–H and O–H groups in total. The highest BCUT2D eigenvalue weighted by Gasteiger charge is 2.27. The van der Waals surface area contributed by atoms with Crippen molar-refractivity contribution in [2.75, 3.05) is 0 Å². The van der Waals surface area contributed by atoms with Gasteiger partial charge in [0.15, 0.2) is 0 Å². The van der Waals surface area contributed by atoms with Gasteiger partial charge in [0.05, 0.1) is 0 Å². The van der Waals surface area contributed by atoms with E-state index in [4.69, 9.17) is 9.47 Å². The van der Waals surface area contributed by atoms with Gasteiger partial charge < -0.3 is 14.8 Å². The predicted molar refractivity (Wildman–Crippen MR) is 139 cm³/mol. The van der Waals surface area contributed by atoms with Gasteiger partial charge in [-0.2, -0.15) is 0 Å². The van der Waals surface area contributed by atoms with E-state index >= 15 is 0 Å². The van der Waals surface area contributed by atoms with Crippen molar-refractivity contribution >= 4 is 12.1 Å². The Kier molecular flexibility index (Phi) is 8.69. The van der Waals surface area contributed by atoms with E-state index in [1.807, 2.05) is 54.6 Å². The predicted octanol–water partition coefficient (Wildman–Crippen LogP) is 6.66. The number of ether oxygens (including phenoxy) is 2. The second-order valence-corrected chi connectivity index (χ2v) is 9.97. The number of carbonyl (C=O) groups excluding carboxylic acids is 2. The van der Waals surface area contributed by atoms with E-state index in [9.17, 15) is 9.59 Å². The molecule has 0 saturated carbocycles. The van der Waals surface area contributed by atoms with Crippen molar-refractivity contribution in [2.45, 2.75) is 65.2 Å². The largest absolute Gasteiger partial charge is 0.458 e. The molecule has 3 aromatic carbocycles. The maximum Gasteiger partial charge on any atom is 0.408 e. The maximum absolute atomic E-state index is 12.9. The molecule has 0 fully saturated rings. The minimum absolute atomic E-state index is 0.123. The van der Waals surface area contributed by atoms with Crippen LogP contribution in [0.25, 0.3) is 11.1 Å². The number of hydrogen-bond acceptors (Lipinski definition) is 4. The van der Waals surface area contributed by atoms with Gasteiger partial charge in [-0.15, -0.1) is 0 Å². The van der Waals surface area contributed by atoms with Crippen molar-refractivity contribution in [2.24, 2.45) is 0 Å². The van der Waals surface area contributed by atoms with Crippen molar-refractivity contribution in [1.82, 2.24) is 5.32 Å². The van der Waals surface area contributed by atoms with Crippen LogP contribution >= 0.6 is 0 Å². The van der Waals surface area contributed by atoms with Crippen molar-refractivity contribution in [3.8, 4) is 11.1 Å². The molecule has 0 aliphatic rings. The highest BCUT2D eigenvalue weighted by Crippen LogP contribution is 2.25. The molecular weight excluding hydrogens is 438 g/mol. The van der Waals surface area contributed by atoms with Gasteiger partial charge >= 0.3 is 12.1 Å². The summed E-state index contributed by atoms with van der Waals surface area (Å²) in [7, 11) is 0. The van der Waals surface area contributed by atoms with E-state index in [1.54, 1.807) is 20.8 Å². The Hall–Kier alpha value is -3.60. The number of nitrogens with one attached hydrogen (secondary N) is 1. The number of amides is 1. The molecule has 0 unspecified atom stereocenters. The van der Waals surface area contributed by atoms with Crippen LogP contribution in [0.15, 0.2) is 78.9 Å². The monoisotopic (exact) mass is 473 g/mol. The van der Waals surface area contributed by atoms with Gasteiger partial charge in [0.2, 0.25) is 0 Å². The summed E-state index contributed by atoms with van der Waals surface area (Å²) in [6.07, 6.45) is -0.367. The Balaban J connectivity index is 1.71. The van der Waals surface area contributed by atoms with E-state index in [-0.39, 0.29) is 6.61 Å². The Morgan fingerprint density at radius 2 is 1.51 bits per heavy atom. The molecule has 35 heavy (non-hydrogen) atoms. The van der Waals surface area contributed by atoms with E-state index in [1.165, 1.54) is 5.56 Å². The van der Waals surface area contributed by atoms with Crippen LogP contribution in [0.2, 0.25) is 0 Å². The van der Waals surface area contributed by atoms with Crippen LogP contribution in [0.1, 0.15) is 57.2 Å². The summed E-state index contributed by atoms with van der Waals surface area (Å²) in [5.41, 5.74) is 4.64. The average molecular weight is 474 g/mol. The number of hydrogen-bond donors (Lipinski definition) is 1. The van der Waals surface area contributed by atoms with Crippen LogP contribution < -0.4 is 5.32 Å². The van der Waals surface area contributed by atoms with E-state index < -0.39 is 23.7 Å². The lowest BCUT2D eigenvalue weighted by Crippen LogP contribution is -2.45. The van der Waals surface area contributed by atoms with Gasteiger partial charge in [0, 0.05) is 6.42 Å². The molecular formula is C30H35NO4. The summed E-state index contributed by atoms with van der Waals surface area (Å²) in [6, 6.07) is 25.1. The van der Waals surface area contributed by atoms with Crippen LogP contribution in [0.5, 0.6) is 0 Å². The van der Waals surface area contributed by atoms with Gasteiger partial charge in [-0.25, -0.2) is 9.59 Å². The summed E-state index contributed by atoms with van der Waals surface area (Å²) < 4.78 is 10.9. The number of esters is 1. The van der Waals surface area contributed by atoms with Crippen LogP contribution in [0.3, 0.4) is 0 Å². The second-order valence-electron chi connectivity index (χ2n) is 9.97. The van der Waals surface area contributed by atoms with Crippen LogP contribution in [0.4, 0.5) is 4.79 Å². The highest BCUT2D eigenvalue weighted by atomic mass is 16.6. The SMILES string of the molecule is CC(C)c1cccc(-c2ccc(C[C@H](NC(=O)OCc3ccccc3)C(=O)OC(C)(C)C)cc2)c1. The molecule has 184 valence electrons.